The molecule has 1 saturated heterocycles. The van der Waals surface area contributed by atoms with Crippen LogP contribution in [-0.2, 0) is 6.54 Å². The molecule has 1 aromatic rings. The number of rotatable bonds is 7. The first-order chi connectivity index (χ1) is 10.2. The number of nitrogens with one attached hydrogen (secondary N) is 1. The number of likely N-dealkylation sites (N-methyl/N-ethyl adjacent to an activating group) is 1. The van der Waals surface area contributed by atoms with Gasteiger partial charge in [0.25, 0.3) is 0 Å². The second-order valence-electron chi connectivity index (χ2n) is 5.54. The standard InChI is InChI=1S/C16H26BrN3O/c1-3-18-13-14-4-5-16(15(17)12-14)21-11-10-20-8-6-19(2)7-9-20/h4-5,12,18H,3,6-11,13H2,1-2H3. The quantitative estimate of drug-likeness (QED) is 0.811. The number of nitrogens with zero attached hydrogens (tertiary/aromatic N) is 2. The van der Waals surface area contributed by atoms with Gasteiger partial charge in [-0.3, -0.25) is 4.90 Å². The van der Waals surface area contributed by atoms with E-state index in [2.05, 4.69) is 63.2 Å². The Morgan fingerprint density at radius 2 is 2.00 bits per heavy atom. The van der Waals surface area contributed by atoms with Gasteiger partial charge in [-0.2, -0.15) is 0 Å². The maximum atomic E-state index is 5.90. The SMILES string of the molecule is CCNCc1ccc(OCCN2CCN(C)CC2)c(Br)c1. The molecule has 1 N–H and O–H groups in total. The van der Waals surface area contributed by atoms with Crippen LogP contribution in [0.5, 0.6) is 5.75 Å². The van der Waals surface area contributed by atoms with Crippen molar-refractivity contribution < 1.29 is 4.74 Å². The number of piperazine rings is 1. The number of hydrogen-bond acceptors (Lipinski definition) is 4. The topological polar surface area (TPSA) is 27.7 Å². The highest BCUT2D eigenvalue weighted by Gasteiger charge is 2.13. The average Bonchev–Trinajstić information content (AvgIpc) is 2.49. The van der Waals surface area contributed by atoms with E-state index in [1.807, 2.05) is 0 Å². The van der Waals surface area contributed by atoms with E-state index in [0.717, 1.165) is 62.6 Å². The molecule has 1 aromatic carbocycles. The molecule has 21 heavy (non-hydrogen) atoms. The Kier molecular flexibility index (Phi) is 6.96. The molecule has 0 spiro atoms. The predicted octanol–water partition coefficient (Wildman–Crippen LogP) is 2.18. The van der Waals surface area contributed by atoms with Crippen molar-refractivity contribution in [3.8, 4) is 5.75 Å². The monoisotopic (exact) mass is 355 g/mol. The predicted molar refractivity (Wildman–Crippen MR) is 91.0 cm³/mol. The zero-order valence-corrected chi connectivity index (χ0v) is 14.7. The summed E-state index contributed by atoms with van der Waals surface area (Å²) in [5, 5.41) is 3.33. The number of benzene rings is 1. The van der Waals surface area contributed by atoms with Crippen LogP contribution < -0.4 is 10.1 Å². The maximum absolute atomic E-state index is 5.90. The summed E-state index contributed by atoms with van der Waals surface area (Å²) in [6.45, 7) is 10.3. The number of ether oxygens (including phenoxy) is 1. The summed E-state index contributed by atoms with van der Waals surface area (Å²) in [5.74, 6) is 0.935. The third-order valence-corrected chi connectivity index (χ3v) is 4.46. The van der Waals surface area contributed by atoms with Crippen molar-refractivity contribution in [1.29, 1.82) is 0 Å². The van der Waals surface area contributed by atoms with E-state index in [1.165, 1.54) is 5.56 Å². The van der Waals surface area contributed by atoms with Crippen molar-refractivity contribution in [2.24, 2.45) is 0 Å². The Bertz CT molecular complexity index is 434. The van der Waals surface area contributed by atoms with Crippen LogP contribution >= 0.6 is 15.9 Å². The molecule has 0 saturated carbocycles. The fourth-order valence-electron chi connectivity index (χ4n) is 2.40. The molecule has 1 heterocycles. The van der Waals surface area contributed by atoms with Crippen LogP contribution in [0, 0.1) is 0 Å². The zero-order chi connectivity index (χ0) is 15.1. The summed E-state index contributed by atoms with van der Waals surface area (Å²) in [4.78, 5) is 4.84. The van der Waals surface area contributed by atoms with Gasteiger partial charge in [0.2, 0.25) is 0 Å². The maximum Gasteiger partial charge on any atom is 0.133 e. The molecule has 0 atom stereocenters. The highest BCUT2D eigenvalue weighted by Crippen LogP contribution is 2.26. The zero-order valence-electron chi connectivity index (χ0n) is 13.1. The third kappa shape index (κ3) is 5.58. The largest absolute Gasteiger partial charge is 0.491 e. The molecule has 118 valence electrons. The first kappa shape index (κ1) is 16.7. The number of halogens is 1. The van der Waals surface area contributed by atoms with E-state index in [-0.39, 0.29) is 0 Å². The van der Waals surface area contributed by atoms with Crippen LogP contribution in [0.3, 0.4) is 0 Å². The van der Waals surface area contributed by atoms with Gasteiger partial charge in [-0.05, 0) is 47.2 Å². The van der Waals surface area contributed by atoms with Gasteiger partial charge in [0.1, 0.15) is 12.4 Å². The van der Waals surface area contributed by atoms with E-state index in [1.54, 1.807) is 0 Å². The van der Waals surface area contributed by atoms with Gasteiger partial charge >= 0.3 is 0 Å². The van der Waals surface area contributed by atoms with Gasteiger partial charge in [0.15, 0.2) is 0 Å². The van der Waals surface area contributed by atoms with Gasteiger partial charge in [-0.1, -0.05) is 13.0 Å². The molecule has 1 aliphatic rings. The van der Waals surface area contributed by atoms with Crippen molar-refractivity contribution in [2.75, 3.05) is 52.9 Å². The molecule has 1 fully saturated rings. The lowest BCUT2D eigenvalue weighted by atomic mass is 10.2. The van der Waals surface area contributed by atoms with Gasteiger partial charge in [0, 0.05) is 39.3 Å². The molecule has 0 aliphatic carbocycles. The molecule has 0 aromatic heterocycles. The van der Waals surface area contributed by atoms with Crippen LogP contribution in [0.15, 0.2) is 22.7 Å². The first-order valence-corrected chi connectivity index (χ1v) is 8.51. The van der Waals surface area contributed by atoms with E-state index >= 15 is 0 Å². The minimum Gasteiger partial charge on any atom is -0.491 e. The Morgan fingerprint density at radius 3 is 2.67 bits per heavy atom. The summed E-state index contributed by atoms with van der Waals surface area (Å²) in [7, 11) is 2.18. The molecule has 0 radical (unpaired) electrons. The second-order valence-corrected chi connectivity index (χ2v) is 6.39. The smallest absolute Gasteiger partial charge is 0.133 e. The van der Waals surface area contributed by atoms with E-state index in [4.69, 9.17) is 4.74 Å². The molecule has 0 bridgehead atoms. The van der Waals surface area contributed by atoms with E-state index < -0.39 is 0 Å². The van der Waals surface area contributed by atoms with Crippen LogP contribution in [0.1, 0.15) is 12.5 Å². The highest BCUT2D eigenvalue weighted by molar-refractivity contribution is 9.10. The van der Waals surface area contributed by atoms with Crippen molar-refractivity contribution >= 4 is 15.9 Å². The molecular weight excluding hydrogens is 330 g/mol. The van der Waals surface area contributed by atoms with Crippen LogP contribution in [0.2, 0.25) is 0 Å². The minimum atomic E-state index is 0.745. The minimum absolute atomic E-state index is 0.745. The first-order valence-electron chi connectivity index (χ1n) is 7.72. The molecule has 4 nitrogen and oxygen atoms in total. The molecule has 1 aliphatic heterocycles. The van der Waals surface area contributed by atoms with E-state index in [9.17, 15) is 0 Å². The summed E-state index contributed by atoms with van der Waals surface area (Å²) >= 11 is 3.60. The fourth-order valence-corrected chi connectivity index (χ4v) is 2.94. The molecule has 2 rings (SSSR count). The van der Waals surface area contributed by atoms with Crippen LogP contribution in [-0.4, -0.2) is 62.7 Å². The van der Waals surface area contributed by atoms with Gasteiger partial charge in [-0.25, -0.2) is 0 Å². The van der Waals surface area contributed by atoms with Gasteiger partial charge in [0.05, 0.1) is 4.47 Å². The van der Waals surface area contributed by atoms with E-state index in [0.29, 0.717) is 0 Å². The summed E-state index contributed by atoms with van der Waals surface area (Å²) in [6.07, 6.45) is 0. The van der Waals surface area contributed by atoms with Crippen molar-refractivity contribution in [3.63, 3.8) is 0 Å². The van der Waals surface area contributed by atoms with Crippen molar-refractivity contribution in [3.05, 3.63) is 28.2 Å². The Labute approximate surface area is 136 Å². The van der Waals surface area contributed by atoms with Crippen molar-refractivity contribution in [1.82, 2.24) is 15.1 Å². The highest BCUT2D eigenvalue weighted by atomic mass is 79.9. The molecular formula is C16H26BrN3O. The summed E-state index contributed by atoms with van der Waals surface area (Å²) in [6, 6.07) is 6.31. The van der Waals surface area contributed by atoms with Crippen LogP contribution in [0.25, 0.3) is 0 Å². The van der Waals surface area contributed by atoms with Crippen molar-refractivity contribution in [2.45, 2.75) is 13.5 Å². The Morgan fingerprint density at radius 1 is 1.24 bits per heavy atom. The van der Waals surface area contributed by atoms with Gasteiger partial charge in [-0.15, -0.1) is 0 Å². The number of hydrogen-bond donors (Lipinski definition) is 1. The Balaban J connectivity index is 1.75. The molecule has 0 amide bonds. The second kappa shape index (κ2) is 8.73. The lowest BCUT2D eigenvalue weighted by Crippen LogP contribution is -2.45. The summed E-state index contributed by atoms with van der Waals surface area (Å²) in [5.41, 5.74) is 1.27. The normalized spacial score (nSPS) is 17.1. The van der Waals surface area contributed by atoms with Crippen LogP contribution in [0.4, 0.5) is 0 Å². The average molecular weight is 356 g/mol. The lowest BCUT2D eigenvalue weighted by Gasteiger charge is -2.32. The molecule has 0 unspecified atom stereocenters. The Hall–Kier alpha value is -0.620. The lowest BCUT2D eigenvalue weighted by molar-refractivity contribution is 0.133. The summed E-state index contributed by atoms with van der Waals surface area (Å²) < 4.78 is 6.94. The fraction of sp³-hybridized carbons (Fsp3) is 0.625. The molecule has 5 heteroatoms. The van der Waals surface area contributed by atoms with Gasteiger partial charge < -0.3 is 15.0 Å². The third-order valence-electron chi connectivity index (χ3n) is 3.84.